The Bertz CT molecular complexity index is 1150. The number of carbonyl (C=O) groups excluding carboxylic acids is 1. The first kappa shape index (κ1) is 21.9. The normalized spacial score (nSPS) is 12.1. The van der Waals surface area contributed by atoms with Gasteiger partial charge in [0.05, 0.1) is 28.2 Å². The second kappa shape index (κ2) is 9.32. The lowest BCUT2D eigenvalue weighted by Gasteiger charge is -2.15. The number of benzene rings is 3. The highest BCUT2D eigenvalue weighted by Crippen LogP contribution is 2.29. The molecule has 0 aliphatic heterocycles. The summed E-state index contributed by atoms with van der Waals surface area (Å²) >= 11 is 3.33. The van der Waals surface area contributed by atoms with Crippen molar-refractivity contribution in [3.8, 4) is 5.75 Å². The Kier molecular flexibility index (Phi) is 6.79. The molecular formula is C22H21BrN2O4S. The van der Waals surface area contributed by atoms with Crippen LogP contribution in [0.3, 0.4) is 0 Å². The van der Waals surface area contributed by atoms with Gasteiger partial charge in [-0.1, -0.05) is 36.4 Å². The lowest BCUT2D eigenvalue weighted by Crippen LogP contribution is -2.26. The van der Waals surface area contributed by atoms with Crippen LogP contribution in [0.5, 0.6) is 5.75 Å². The van der Waals surface area contributed by atoms with E-state index in [1.54, 1.807) is 30.3 Å². The Hall–Kier alpha value is -2.84. The van der Waals surface area contributed by atoms with E-state index in [0.29, 0.717) is 15.9 Å². The average Bonchev–Trinajstić information content (AvgIpc) is 2.74. The predicted octanol–water partition coefficient (Wildman–Crippen LogP) is 4.75. The van der Waals surface area contributed by atoms with Crippen LogP contribution in [0.25, 0.3) is 0 Å². The van der Waals surface area contributed by atoms with Crippen LogP contribution in [0.1, 0.15) is 28.9 Å². The molecule has 0 bridgehead atoms. The van der Waals surface area contributed by atoms with E-state index in [1.807, 2.05) is 37.3 Å². The molecule has 0 aliphatic rings. The smallest absolute Gasteiger partial charge is 0.261 e. The van der Waals surface area contributed by atoms with Crippen LogP contribution >= 0.6 is 15.9 Å². The summed E-state index contributed by atoms with van der Waals surface area (Å²) in [6.07, 6.45) is 0. The molecule has 0 fully saturated rings. The first-order valence-corrected chi connectivity index (χ1v) is 11.4. The number of methoxy groups -OCH3 is 1. The van der Waals surface area contributed by atoms with Gasteiger partial charge in [0.25, 0.3) is 15.9 Å². The molecule has 0 spiro atoms. The predicted molar refractivity (Wildman–Crippen MR) is 120 cm³/mol. The highest BCUT2D eigenvalue weighted by atomic mass is 79.9. The third-order valence-corrected chi connectivity index (χ3v) is 6.46. The van der Waals surface area contributed by atoms with E-state index < -0.39 is 10.0 Å². The molecular weight excluding hydrogens is 468 g/mol. The molecule has 8 heteroatoms. The third kappa shape index (κ3) is 5.20. The van der Waals surface area contributed by atoms with Gasteiger partial charge < -0.3 is 10.1 Å². The van der Waals surface area contributed by atoms with E-state index >= 15 is 0 Å². The van der Waals surface area contributed by atoms with Gasteiger partial charge in [-0.15, -0.1) is 0 Å². The second-order valence-electron chi connectivity index (χ2n) is 6.59. The zero-order valence-electron chi connectivity index (χ0n) is 16.4. The number of carbonyl (C=O) groups is 1. The van der Waals surface area contributed by atoms with Crippen molar-refractivity contribution < 1.29 is 17.9 Å². The fraction of sp³-hybridized carbons (Fsp3) is 0.136. The van der Waals surface area contributed by atoms with E-state index in [9.17, 15) is 13.2 Å². The molecule has 30 heavy (non-hydrogen) atoms. The van der Waals surface area contributed by atoms with Crippen LogP contribution in [0.4, 0.5) is 5.69 Å². The first-order chi connectivity index (χ1) is 14.3. The van der Waals surface area contributed by atoms with Crippen LogP contribution < -0.4 is 14.8 Å². The van der Waals surface area contributed by atoms with Gasteiger partial charge in [0, 0.05) is 5.56 Å². The van der Waals surface area contributed by atoms with Crippen LogP contribution in [0, 0.1) is 0 Å². The maximum atomic E-state index is 12.8. The van der Waals surface area contributed by atoms with Gasteiger partial charge in [-0.05, 0) is 64.8 Å². The standard InChI is InChI=1S/C22H21BrN2O4S/c1-15(16-7-4-3-5-8-16)24-22(26)17-9-6-10-19(13-17)30(27,28)25-18-11-12-21(29-2)20(23)14-18/h3-15,25H,1-2H3,(H,24,26). The molecule has 0 saturated heterocycles. The highest BCUT2D eigenvalue weighted by Gasteiger charge is 2.18. The molecule has 0 heterocycles. The Balaban J connectivity index is 1.78. The summed E-state index contributed by atoms with van der Waals surface area (Å²) in [5.41, 5.74) is 1.59. The minimum Gasteiger partial charge on any atom is -0.496 e. The van der Waals surface area contributed by atoms with Gasteiger partial charge in [0.15, 0.2) is 0 Å². The fourth-order valence-corrected chi connectivity index (χ4v) is 4.49. The van der Waals surface area contributed by atoms with Crippen molar-refractivity contribution in [2.45, 2.75) is 17.9 Å². The summed E-state index contributed by atoms with van der Waals surface area (Å²) in [6, 6.07) is 20.1. The SMILES string of the molecule is COc1ccc(NS(=O)(=O)c2cccc(C(=O)NC(C)c3ccccc3)c2)cc1Br. The number of ether oxygens (including phenoxy) is 1. The van der Waals surface area contributed by atoms with Crippen LogP contribution in [0.15, 0.2) is 82.2 Å². The molecule has 0 aromatic heterocycles. The van der Waals surface area contributed by atoms with E-state index in [0.717, 1.165) is 5.56 Å². The molecule has 3 rings (SSSR count). The van der Waals surface area contributed by atoms with E-state index in [4.69, 9.17) is 4.74 Å². The molecule has 0 saturated carbocycles. The number of hydrogen-bond acceptors (Lipinski definition) is 4. The maximum absolute atomic E-state index is 12.8. The van der Waals surface area contributed by atoms with Gasteiger partial charge >= 0.3 is 0 Å². The molecule has 6 nitrogen and oxygen atoms in total. The maximum Gasteiger partial charge on any atom is 0.261 e. The van der Waals surface area contributed by atoms with Gasteiger partial charge in [-0.25, -0.2) is 8.42 Å². The molecule has 156 valence electrons. The van der Waals surface area contributed by atoms with Crippen LogP contribution in [0.2, 0.25) is 0 Å². The summed E-state index contributed by atoms with van der Waals surface area (Å²) in [5, 5.41) is 2.89. The molecule has 3 aromatic rings. The van der Waals surface area contributed by atoms with Crippen molar-refractivity contribution in [1.82, 2.24) is 5.32 Å². The third-order valence-electron chi connectivity index (χ3n) is 4.46. The number of hydrogen-bond donors (Lipinski definition) is 2. The summed E-state index contributed by atoms with van der Waals surface area (Å²) in [5.74, 6) is 0.236. The number of nitrogens with one attached hydrogen (secondary N) is 2. The summed E-state index contributed by atoms with van der Waals surface area (Å²) < 4.78 is 33.9. The summed E-state index contributed by atoms with van der Waals surface area (Å²) in [6.45, 7) is 1.87. The van der Waals surface area contributed by atoms with Gasteiger partial charge in [0.1, 0.15) is 5.75 Å². The van der Waals surface area contributed by atoms with E-state index in [1.165, 1.54) is 19.2 Å². The van der Waals surface area contributed by atoms with E-state index in [2.05, 4.69) is 26.0 Å². The number of sulfonamides is 1. The Morgan fingerprint density at radius 1 is 1.00 bits per heavy atom. The van der Waals surface area contributed by atoms with Gasteiger partial charge in [0.2, 0.25) is 0 Å². The zero-order chi connectivity index (χ0) is 21.7. The zero-order valence-corrected chi connectivity index (χ0v) is 18.8. The second-order valence-corrected chi connectivity index (χ2v) is 9.13. The molecule has 0 radical (unpaired) electrons. The Labute approximate surface area is 184 Å². The topological polar surface area (TPSA) is 84.5 Å². The molecule has 1 amide bonds. The minimum absolute atomic E-state index is 0.00513. The number of amides is 1. The number of rotatable bonds is 7. The Morgan fingerprint density at radius 3 is 2.40 bits per heavy atom. The summed E-state index contributed by atoms with van der Waals surface area (Å²) in [4.78, 5) is 12.6. The number of halogens is 1. The average molecular weight is 489 g/mol. The fourth-order valence-electron chi connectivity index (χ4n) is 2.85. The van der Waals surface area contributed by atoms with Crippen molar-refractivity contribution in [2.24, 2.45) is 0 Å². The van der Waals surface area contributed by atoms with Crippen molar-refractivity contribution in [2.75, 3.05) is 11.8 Å². The molecule has 1 atom stereocenters. The lowest BCUT2D eigenvalue weighted by molar-refractivity contribution is 0.0939. The van der Waals surface area contributed by atoms with Gasteiger partial charge in [-0.3, -0.25) is 9.52 Å². The molecule has 3 aromatic carbocycles. The lowest BCUT2D eigenvalue weighted by atomic mass is 10.1. The van der Waals surface area contributed by atoms with Crippen molar-refractivity contribution >= 4 is 37.5 Å². The van der Waals surface area contributed by atoms with E-state index in [-0.39, 0.29) is 22.4 Å². The van der Waals surface area contributed by atoms with Crippen LogP contribution in [-0.4, -0.2) is 21.4 Å². The quantitative estimate of drug-likeness (QED) is 0.502. The number of anilines is 1. The van der Waals surface area contributed by atoms with Crippen LogP contribution in [-0.2, 0) is 10.0 Å². The summed E-state index contributed by atoms with van der Waals surface area (Å²) in [7, 11) is -2.35. The largest absolute Gasteiger partial charge is 0.496 e. The first-order valence-electron chi connectivity index (χ1n) is 9.12. The molecule has 2 N–H and O–H groups in total. The monoisotopic (exact) mass is 488 g/mol. The minimum atomic E-state index is -3.88. The molecule has 1 unspecified atom stereocenters. The van der Waals surface area contributed by atoms with Crippen molar-refractivity contribution in [3.63, 3.8) is 0 Å². The highest BCUT2D eigenvalue weighted by molar-refractivity contribution is 9.10. The van der Waals surface area contributed by atoms with Crippen molar-refractivity contribution in [3.05, 3.63) is 88.4 Å². The van der Waals surface area contributed by atoms with Crippen molar-refractivity contribution in [1.29, 1.82) is 0 Å². The molecule has 0 aliphatic carbocycles. The van der Waals surface area contributed by atoms with Gasteiger partial charge in [-0.2, -0.15) is 0 Å². The Morgan fingerprint density at radius 2 is 1.73 bits per heavy atom.